The molecule has 106 valence electrons. The molecule has 1 heterocycles. The molecule has 2 N–H and O–H groups in total. The van der Waals surface area contributed by atoms with Crippen molar-refractivity contribution in [2.45, 2.75) is 26.4 Å². The fourth-order valence-electron chi connectivity index (χ4n) is 1.88. The van der Waals surface area contributed by atoms with Crippen LogP contribution in [0.5, 0.6) is 0 Å². The van der Waals surface area contributed by atoms with Gasteiger partial charge in [0.2, 0.25) is 5.91 Å². The number of para-hydroxylation sites is 1. The number of carbonyl (C=O) groups is 1. The topological polar surface area (TPSA) is 89.9 Å². The summed E-state index contributed by atoms with van der Waals surface area (Å²) >= 11 is 0. The number of aromatic nitrogens is 4. The van der Waals surface area contributed by atoms with Gasteiger partial charge in [-0.1, -0.05) is 18.2 Å². The standard InChI is InChI=1S/C13H18N6O/c1-10(2)18(8-12(14)20)9-13-15-16-17-19(13)11-6-4-3-5-7-11/h3-7,10H,8-9H2,1-2H3,(H2,14,20). The molecule has 0 aliphatic heterocycles. The number of benzene rings is 1. The molecule has 0 atom stereocenters. The van der Waals surface area contributed by atoms with Crippen LogP contribution in [0.25, 0.3) is 5.69 Å². The maximum absolute atomic E-state index is 11.1. The van der Waals surface area contributed by atoms with Gasteiger partial charge in [0, 0.05) is 6.04 Å². The van der Waals surface area contributed by atoms with Crippen molar-refractivity contribution in [1.82, 2.24) is 25.1 Å². The van der Waals surface area contributed by atoms with E-state index in [9.17, 15) is 4.79 Å². The van der Waals surface area contributed by atoms with E-state index in [1.165, 1.54) is 0 Å². The van der Waals surface area contributed by atoms with Crippen LogP contribution in [0.15, 0.2) is 30.3 Å². The van der Waals surface area contributed by atoms with Crippen molar-refractivity contribution < 1.29 is 4.79 Å². The third kappa shape index (κ3) is 3.39. The highest BCUT2D eigenvalue weighted by Gasteiger charge is 2.17. The number of primary amides is 1. The Labute approximate surface area is 117 Å². The molecule has 2 rings (SSSR count). The van der Waals surface area contributed by atoms with E-state index in [2.05, 4.69) is 15.5 Å². The molecule has 0 unspecified atom stereocenters. The molecule has 0 bridgehead atoms. The van der Waals surface area contributed by atoms with Gasteiger partial charge >= 0.3 is 0 Å². The molecule has 2 aromatic rings. The van der Waals surface area contributed by atoms with Gasteiger partial charge in [0.25, 0.3) is 0 Å². The highest BCUT2D eigenvalue weighted by atomic mass is 16.1. The summed E-state index contributed by atoms with van der Waals surface area (Å²) in [6.07, 6.45) is 0. The van der Waals surface area contributed by atoms with Crippen molar-refractivity contribution in [3.05, 3.63) is 36.2 Å². The zero-order valence-corrected chi connectivity index (χ0v) is 11.6. The minimum absolute atomic E-state index is 0.170. The van der Waals surface area contributed by atoms with E-state index < -0.39 is 0 Å². The Morgan fingerprint density at radius 3 is 2.65 bits per heavy atom. The predicted octanol–water partition coefficient (Wildman–Crippen LogP) is 0.358. The number of nitrogens with zero attached hydrogens (tertiary/aromatic N) is 5. The van der Waals surface area contributed by atoms with Gasteiger partial charge in [0.15, 0.2) is 5.82 Å². The highest BCUT2D eigenvalue weighted by molar-refractivity contribution is 5.75. The molecule has 7 nitrogen and oxygen atoms in total. The summed E-state index contributed by atoms with van der Waals surface area (Å²) < 4.78 is 1.66. The molecule has 20 heavy (non-hydrogen) atoms. The Bertz CT molecular complexity index is 565. The molecule has 0 saturated heterocycles. The minimum atomic E-state index is -0.363. The summed E-state index contributed by atoms with van der Waals surface area (Å²) in [5, 5.41) is 11.7. The first-order valence-electron chi connectivity index (χ1n) is 6.43. The number of amides is 1. The molecule has 0 aliphatic rings. The smallest absolute Gasteiger partial charge is 0.231 e. The highest BCUT2D eigenvalue weighted by Crippen LogP contribution is 2.10. The van der Waals surface area contributed by atoms with Gasteiger partial charge in [0.05, 0.1) is 18.8 Å². The molecule has 1 aromatic heterocycles. The lowest BCUT2D eigenvalue weighted by Gasteiger charge is -2.24. The lowest BCUT2D eigenvalue weighted by Crippen LogP contribution is -2.38. The van der Waals surface area contributed by atoms with Crippen LogP contribution in [-0.2, 0) is 11.3 Å². The van der Waals surface area contributed by atoms with E-state index in [0.717, 1.165) is 5.69 Å². The summed E-state index contributed by atoms with van der Waals surface area (Å²) in [5.74, 6) is 0.309. The van der Waals surface area contributed by atoms with Crippen molar-refractivity contribution in [1.29, 1.82) is 0 Å². The molecule has 0 radical (unpaired) electrons. The van der Waals surface area contributed by atoms with Gasteiger partial charge in [-0.25, -0.2) is 0 Å². The average Bonchev–Trinajstić information content (AvgIpc) is 2.86. The number of hydrogen-bond acceptors (Lipinski definition) is 5. The Kier molecular flexibility index (Phi) is 4.41. The first-order chi connectivity index (χ1) is 9.58. The zero-order chi connectivity index (χ0) is 14.5. The van der Waals surface area contributed by atoms with Gasteiger partial charge in [-0.15, -0.1) is 5.10 Å². The zero-order valence-electron chi connectivity index (χ0n) is 11.6. The molecule has 7 heteroatoms. The van der Waals surface area contributed by atoms with Crippen LogP contribution in [0.3, 0.4) is 0 Å². The first-order valence-corrected chi connectivity index (χ1v) is 6.43. The van der Waals surface area contributed by atoms with Gasteiger partial charge in [-0.2, -0.15) is 4.68 Å². The molecule has 0 spiro atoms. The number of hydrogen-bond donors (Lipinski definition) is 1. The van der Waals surface area contributed by atoms with Gasteiger partial charge in [-0.05, 0) is 36.4 Å². The number of carbonyl (C=O) groups excluding carboxylic acids is 1. The van der Waals surface area contributed by atoms with Crippen LogP contribution in [-0.4, -0.2) is 43.6 Å². The quantitative estimate of drug-likeness (QED) is 0.821. The SMILES string of the molecule is CC(C)N(CC(N)=O)Cc1nnnn1-c1ccccc1. The molecule has 1 amide bonds. The van der Waals surface area contributed by atoms with E-state index in [1.807, 2.05) is 49.1 Å². The second-order valence-electron chi connectivity index (χ2n) is 4.81. The van der Waals surface area contributed by atoms with Crippen LogP contribution < -0.4 is 5.73 Å². The Balaban J connectivity index is 2.21. The lowest BCUT2D eigenvalue weighted by molar-refractivity contribution is -0.119. The summed E-state index contributed by atoms with van der Waals surface area (Å²) in [6.45, 7) is 4.64. The first kappa shape index (κ1) is 14.1. The van der Waals surface area contributed by atoms with Gasteiger partial charge in [0.1, 0.15) is 0 Å². The van der Waals surface area contributed by atoms with Crippen LogP contribution in [0.2, 0.25) is 0 Å². The third-order valence-electron chi connectivity index (χ3n) is 2.97. The predicted molar refractivity (Wildman–Crippen MR) is 73.9 cm³/mol. The van der Waals surface area contributed by atoms with Crippen molar-refractivity contribution in [3.63, 3.8) is 0 Å². The summed E-state index contributed by atoms with van der Waals surface area (Å²) in [6, 6.07) is 9.79. The molecular weight excluding hydrogens is 256 g/mol. The number of nitrogens with two attached hydrogens (primary N) is 1. The fourth-order valence-corrected chi connectivity index (χ4v) is 1.88. The Morgan fingerprint density at radius 2 is 2.05 bits per heavy atom. The van der Waals surface area contributed by atoms with Crippen LogP contribution in [0.4, 0.5) is 0 Å². The van der Waals surface area contributed by atoms with Crippen molar-refractivity contribution >= 4 is 5.91 Å². The Morgan fingerprint density at radius 1 is 1.35 bits per heavy atom. The number of tetrazole rings is 1. The monoisotopic (exact) mass is 274 g/mol. The molecule has 0 aliphatic carbocycles. The number of rotatable bonds is 6. The van der Waals surface area contributed by atoms with Gasteiger partial charge < -0.3 is 5.73 Å². The molecule has 0 fully saturated rings. The van der Waals surface area contributed by atoms with E-state index in [-0.39, 0.29) is 18.5 Å². The van der Waals surface area contributed by atoms with Crippen LogP contribution >= 0.6 is 0 Å². The van der Waals surface area contributed by atoms with Crippen molar-refractivity contribution in [2.24, 2.45) is 5.73 Å². The van der Waals surface area contributed by atoms with E-state index in [0.29, 0.717) is 12.4 Å². The van der Waals surface area contributed by atoms with Crippen LogP contribution in [0, 0.1) is 0 Å². The molecule has 1 aromatic carbocycles. The van der Waals surface area contributed by atoms with Crippen LogP contribution in [0.1, 0.15) is 19.7 Å². The summed E-state index contributed by atoms with van der Waals surface area (Å²) in [5.41, 5.74) is 6.15. The summed E-state index contributed by atoms with van der Waals surface area (Å²) in [4.78, 5) is 13.0. The molecular formula is C13H18N6O. The van der Waals surface area contributed by atoms with E-state index in [1.54, 1.807) is 4.68 Å². The van der Waals surface area contributed by atoms with Crippen molar-refractivity contribution in [3.8, 4) is 5.69 Å². The second-order valence-corrected chi connectivity index (χ2v) is 4.81. The van der Waals surface area contributed by atoms with Gasteiger partial charge in [-0.3, -0.25) is 9.69 Å². The maximum atomic E-state index is 11.1. The average molecular weight is 274 g/mol. The lowest BCUT2D eigenvalue weighted by atomic mass is 10.3. The Hall–Kier alpha value is -2.28. The molecule has 0 saturated carbocycles. The fraction of sp³-hybridized carbons (Fsp3) is 0.385. The van der Waals surface area contributed by atoms with E-state index in [4.69, 9.17) is 5.73 Å². The van der Waals surface area contributed by atoms with E-state index >= 15 is 0 Å². The van der Waals surface area contributed by atoms with Crippen molar-refractivity contribution in [2.75, 3.05) is 6.54 Å². The normalized spacial score (nSPS) is 11.2. The maximum Gasteiger partial charge on any atom is 0.231 e. The minimum Gasteiger partial charge on any atom is -0.369 e. The summed E-state index contributed by atoms with van der Waals surface area (Å²) in [7, 11) is 0. The largest absolute Gasteiger partial charge is 0.369 e. The third-order valence-corrected chi connectivity index (χ3v) is 2.97. The second kappa shape index (κ2) is 6.25.